The number of benzene rings is 2. The number of phenols is 1. The number of H-pyrrole nitrogens is 1. The van der Waals surface area contributed by atoms with Crippen molar-refractivity contribution in [3.8, 4) is 23.3 Å². The van der Waals surface area contributed by atoms with Gasteiger partial charge in [-0.25, -0.2) is 0 Å². The summed E-state index contributed by atoms with van der Waals surface area (Å²) in [5.41, 5.74) is 12.7. The molecule has 2 aromatic heterocycles. The molecular weight excluding hydrogens is 596 g/mol. The third-order valence-corrected chi connectivity index (χ3v) is 9.00. The van der Waals surface area contributed by atoms with E-state index in [-0.39, 0.29) is 49.1 Å². The van der Waals surface area contributed by atoms with E-state index in [4.69, 9.17) is 10.5 Å². The van der Waals surface area contributed by atoms with Crippen LogP contribution in [-0.4, -0.2) is 48.0 Å². The maximum absolute atomic E-state index is 12.6. The molecule has 4 aromatic rings. The van der Waals surface area contributed by atoms with Crippen LogP contribution in [0.3, 0.4) is 0 Å². The summed E-state index contributed by atoms with van der Waals surface area (Å²) in [5, 5.41) is 46.3. The number of Topliss-reactive ketones (excluding diaryl/α,β-unsaturated/α-hetero) is 1. The summed E-state index contributed by atoms with van der Waals surface area (Å²) in [4.78, 5) is 15.9. The first kappa shape index (κ1) is 32.4. The Morgan fingerprint density at radius 3 is 2.83 bits per heavy atom. The number of aromatic amines is 1. The molecule has 2 aromatic carbocycles. The Morgan fingerprint density at radius 2 is 2.00 bits per heavy atom. The normalized spacial score (nSPS) is 19.8. The van der Waals surface area contributed by atoms with E-state index in [9.17, 15) is 25.2 Å². The lowest BCUT2D eigenvalue weighted by atomic mass is 9.87. The Labute approximate surface area is 273 Å². The molecule has 0 saturated heterocycles. The Balaban J connectivity index is 1.22. The van der Waals surface area contributed by atoms with Gasteiger partial charge in [-0.15, -0.1) is 0 Å². The molecule has 0 saturated carbocycles. The number of carbonyl (C=O) groups excluding carboxylic acids is 1. The number of aliphatic hydroxyl groups excluding tert-OH is 3. The Kier molecular flexibility index (Phi) is 9.71. The number of ether oxygens (including phenoxy) is 1. The molecule has 8 N–H and O–H groups in total. The number of hydrogen-bond acceptors (Lipinski definition) is 8. The summed E-state index contributed by atoms with van der Waals surface area (Å²) in [6, 6.07) is 8.84. The largest absolute Gasteiger partial charge is 0.504 e. The summed E-state index contributed by atoms with van der Waals surface area (Å²) < 4.78 is 8.29. The van der Waals surface area contributed by atoms with Gasteiger partial charge in [-0.2, -0.15) is 0 Å². The highest BCUT2D eigenvalue weighted by Gasteiger charge is 2.24. The van der Waals surface area contributed by atoms with Crippen molar-refractivity contribution in [3.63, 3.8) is 0 Å². The summed E-state index contributed by atoms with van der Waals surface area (Å²) in [6.45, 7) is 1.96. The first-order chi connectivity index (χ1) is 22.7. The van der Waals surface area contributed by atoms with Crippen molar-refractivity contribution in [2.24, 2.45) is 5.73 Å². The second kappa shape index (κ2) is 14.1. The minimum atomic E-state index is -1.03. The van der Waals surface area contributed by atoms with E-state index in [1.165, 1.54) is 0 Å². The molecular formula is C37H42N4O6. The number of aliphatic hydroxyl groups is 3. The highest BCUT2D eigenvalue weighted by Crippen LogP contribution is 2.36. The van der Waals surface area contributed by atoms with Gasteiger partial charge < -0.3 is 45.8 Å². The topological polar surface area (TPSA) is 166 Å². The second-order valence-electron chi connectivity index (χ2n) is 12.5. The zero-order chi connectivity index (χ0) is 33.1. The number of rotatable bonds is 11. The SMILES string of the molecule is CCC[C@H](O)C[C@@H](O)CC(=O)CCc1ccc(O)c(O[C@H]2CC#C[C@H](O)c3ccc4c(c3Cc3c[nH]c5cn2cc35)C=CN[C@@H]4N)c1. The van der Waals surface area contributed by atoms with Gasteiger partial charge in [-0.05, 0) is 77.1 Å². The van der Waals surface area contributed by atoms with Crippen LogP contribution in [-0.2, 0) is 17.6 Å². The number of ketones is 1. The zero-order valence-corrected chi connectivity index (χ0v) is 26.4. The molecule has 10 heteroatoms. The highest BCUT2D eigenvalue weighted by molar-refractivity contribution is 5.84. The Bertz CT molecular complexity index is 1850. The van der Waals surface area contributed by atoms with Gasteiger partial charge in [-0.3, -0.25) is 4.79 Å². The first-order valence-electron chi connectivity index (χ1n) is 16.2. The van der Waals surface area contributed by atoms with Gasteiger partial charge in [0.15, 0.2) is 17.7 Å². The molecule has 2 aliphatic rings. The Hall–Kier alpha value is -4.53. The summed E-state index contributed by atoms with van der Waals surface area (Å²) in [7, 11) is 0. The third-order valence-electron chi connectivity index (χ3n) is 9.00. The van der Waals surface area contributed by atoms with E-state index in [1.807, 2.05) is 54.5 Å². The molecule has 2 bridgehead atoms. The molecule has 0 fully saturated rings. The van der Waals surface area contributed by atoms with Gasteiger partial charge in [0.1, 0.15) is 18.1 Å². The number of phenolic OH excluding ortho intramolecular Hbond substituents is 1. The maximum Gasteiger partial charge on any atom is 0.186 e. The van der Waals surface area contributed by atoms with Crippen LogP contribution in [0.15, 0.2) is 55.1 Å². The van der Waals surface area contributed by atoms with Gasteiger partial charge in [0.05, 0.1) is 24.1 Å². The fourth-order valence-corrected chi connectivity index (χ4v) is 6.52. The molecule has 0 unspecified atom stereocenters. The van der Waals surface area contributed by atoms with Crippen LogP contribution in [0.2, 0.25) is 0 Å². The number of nitrogens with zero attached hydrogens (tertiary/aromatic N) is 1. The minimum absolute atomic E-state index is 0.00796. The summed E-state index contributed by atoms with van der Waals surface area (Å²) >= 11 is 0. The number of fused-ring (bicyclic) bond motifs is 4. The van der Waals surface area contributed by atoms with E-state index >= 15 is 0 Å². The third kappa shape index (κ3) is 7.24. The standard InChI is InChI=1S/C37H42N4O6/c1-2-4-24(42)17-26(44)18-25(43)9-7-22-8-12-34(46)35(15-22)47-36-6-3-5-33(45)28-10-11-29-27(13-14-39-37(29)38)30(28)16-23-19-40-32-21-41(36)20-31(23)32/h8,10-15,19-21,24,26,33,36-37,39-40,42,44-46H,2,4,6-7,9,16-18,38H2,1H3/t24-,26+,33-,36-,37-/m0/s1. The number of aromatic hydroxyl groups is 1. The van der Waals surface area contributed by atoms with Gasteiger partial charge in [-0.1, -0.05) is 43.4 Å². The van der Waals surface area contributed by atoms with Crippen molar-refractivity contribution in [2.45, 2.75) is 89.0 Å². The van der Waals surface area contributed by atoms with E-state index in [2.05, 4.69) is 22.1 Å². The van der Waals surface area contributed by atoms with E-state index in [0.717, 1.165) is 50.7 Å². The van der Waals surface area contributed by atoms with Crippen LogP contribution in [0.25, 0.3) is 17.0 Å². The molecule has 5 atom stereocenters. The molecule has 0 radical (unpaired) electrons. The van der Waals surface area contributed by atoms with Crippen molar-refractivity contribution in [3.05, 3.63) is 88.5 Å². The molecule has 6 rings (SSSR count). The molecule has 4 heterocycles. The smallest absolute Gasteiger partial charge is 0.186 e. The van der Waals surface area contributed by atoms with Crippen LogP contribution in [0, 0.1) is 11.8 Å². The van der Waals surface area contributed by atoms with Crippen LogP contribution in [0.4, 0.5) is 0 Å². The zero-order valence-electron chi connectivity index (χ0n) is 26.4. The van der Waals surface area contributed by atoms with Crippen molar-refractivity contribution < 1.29 is 30.0 Å². The molecule has 0 aliphatic carbocycles. The lowest BCUT2D eigenvalue weighted by molar-refractivity contribution is -0.121. The lowest BCUT2D eigenvalue weighted by Crippen LogP contribution is -2.28. The van der Waals surface area contributed by atoms with Crippen LogP contribution >= 0.6 is 0 Å². The van der Waals surface area contributed by atoms with Crippen molar-refractivity contribution in [2.75, 3.05) is 0 Å². The predicted molar refractivity (Wildman–Crippen MR) is 179 cm³/mol. The van der Waals surface area contributed by atoms with Gasteiger partial charge in [0.2, 0.25) is 0 Å². The Morgan fingerprint density at radius 1 is 1.17 bits per heavy atom. The monoisotopic (exact) mass is 638 g/mol. The number of nitrogens with two attached hydrogens (primary N) is 1. The fraction of sp³-hybridized carbons (Fsp3) is 0.378. The maximum atomic E-state index is 12.6. The molecule has 0 spiro atoms. The van der Waals surface area contributed by atoms with Crippen molar-refractivity contribution in [1.29, 1.82) is 0 Å². The van der Waals surface area contributed by atoms with E-state index in [0.29, 0.717) is 19.3 Å². The predicted octanol–water partition coefficient (Wildman–Crippen LogP) is 4.62. The van der Waals surface area contributed by atoms with Crippen molar-refractivity contribution in [1.82, 2.24) is 14.9 Å². The summed E-state index contributed by atoms with van der Waals surface area (Å²) in [5.74, 6) is 6.22. The highest BCUT2D eigenvalue weighted by atomic mass is 16.5. The number of hydrogen-bond donors (Lipinski definition) is 7. The van der Waals surface area contributed by atoms with Crippen LogP contribution in [0.1, 0.15) is 97.3 Å². The summed E-state index contributed by atoms with van der Waals surface area (Å²) in [6.07, 6.45) is 9.27. The first-order valence-corrected chi connectivity index (χ1v) is 16.2. The second-order valence-corrected chi connectivity index (χ2v) is 12.5. The minimum Gasteiger partial charge on any atom is -0.504 e. The van der Waals surface area contributed by atoms with E-state index in [1.54, 1.807) is 18.2 Å². The van der Waals surface area contributed by atoms with Crippen LogP contribution < -0.4 is 15.8 Å². The van der Waals surface area contributed by atoms with Crippen molar-refractivity contribution >= 4 is 22.8 Å². The van der Waals surface area contributed by atoms with Gasteiger partial charge >= 0.3 is 0 Å². The quantitative estimate of drug-likeness (QED) is 0.117. The molecule has 10 nitrogen and oxygen atoms in total. The molecule has 246 valence electrons. The number of nitrogens with one attached hydrogen (secondary N) is 2. The number of aromatic nitrogens is 2. The van der Waals surface area contributed by atoms with Crippen LogP contribution in [0.5, 0.6) is 11.5 Å². The van der Waals surface area contributed by atoms with E-state index < -0.39 is 24.5 Å². The van der Waals surface area contributed by atoms with Gasteiger partial charge in [0, 0.05) is 43.2 Å². The average Bonchev–Trinajstić information content (AvgIpc) is 3.62. The fourth-order valence-electron chi connectivity index (χ4n) is 6.52. The lowest BCUT2D eigenvalue weighted by Gasteiger charge is -2.25. The molecule has 47 heavy (non-hydrogen) atoms. The molecule has 0 amide bonds. The molecule has 2 aliphatic heterocycles. The van der Waals surface area contributed by atoms with Gasteiger partial charge in [0.25, 0.3) is 0 Å². The number of carbonyl (C=O) groups is 1. The average molecular weight is 639 g/mol. The number of aryl methyl sites for hydroxylation is 1.